The average Bonchev–Trinajstić information content (AvgIpc) is 2.34. The highest BCUT2D eigenvalue weighted by Crippen LogP contribution is 2.29. The summed E-state index contributed by atoms with van der Waals surface area (Å²) in [4.78, 5) is 14.6. The molecule has 0 radical (unpaired) electrons. The van der Waals surface area contributed by atoms with Crippen LogP contribution >= 0.6 is 0 Å². The molecule has 0 aromatic heterocycles. The van der Waals surface area contributed by atoms with E-state index in [1.54, 1.807) is 0 Å². The number of carbonyl (C=O) groups is 1. The molecule has 0 heterocycles. The summed E-state index contributed by atoms with van der Waals surface area (Å²) in [6, 6.07) is 0. The van der Waals surface area contributed by atoms with E-state index in [1.165, 1.54) is 7.11 Å². The second-order valence-corrected chi connectivity index (χ2v) is 4.62. The fraction of sp³-hybridized carbons (Fsp3) is 0.667. The molecule has 0 aromatic rings. The van der Waals surface area contributed by atoms with Crippen LogP contribution in [0.2, 0.25) is 0 Å². The van der Waals surface area contributed by atoms with Gasteiger partial charge in [-0.15, -0.1) is 0 Å². The topological polar surface area (TPSA) is 125 Å². The van der Waals surface area contributed by atoms with Crippen LogP contribution in [0.15, 0.2) is 16.4 Å². The van der Waals surface area contributed by atoms with Crippen molar-refractivity contribution in [3.05, 3.63) is 11.5 Å². The number of methoxy groups -OCH3 is 1. The molecule has 0 bridgehead atoms. The molecule has 7 nitrogen and oxygen atoms in total. The lowest BCUT2D eigenvalue weighted by Crippen LogP contribution is -2.42. The molecule has 1 atom stereocenters. The smallest absolute Gasteiger partial charge is 0.303 e. The van der Waals surface area contributed by atoms with E-state index in [4.69, 9.17) is 15.6 Å². The third kappa shape index (κ3) is 4.22. The van der Waals surface area contributed by atoms with Crippen molar-refractivity contribution in [1.29, 1.82) is 0 Å². The van der Waals surface area contributed by atoms with Crippen molar-refractivity contribution in [2.75, 3.05) is 20.3 Å². The molecule has 1 rings (SSSR count). The molecule has 0 fully saturated rings. The number of carboxylic acids is 1. The Balaban J connectivity index is 2.80. The van der Waals surface area contributed by atoms with Crippen LogP contribution in [-0.2, 0) is 9.53 Å². The zero-order valence-corrected chi connectivity index (χ0v) is 10.9. The normalized spacial score (nSPS) is 25.7. The molecule has 0 amide bonds. The number of aliphatic imine (C=N–C) groups is 1. The summed E-state index contributed by atoms with van der Waals surface area (Å²) in [7, 11) is 1.46. The van der Waals surface area contributed by atoms with Gasteiger partial charge >= 0.3 is 5.97 Å². The van der Waals surface area contributed by atoms with Crippen LogP contribution in [0.5, 0.6) is 0 Å². The minimum Gasteiger partial charge on any atom is -0.493 e. The Bertz CT molecular complexity index is 405. The second kappa shape index (κ2) is 6.53. The van der Waals surface area contributed by atoms with Crippen molar-refractivity contribution in [3.63, 3.8) is 0 Å². The standard InChI is InChI=1S/C12H20N2O5/c1-19-11-8(13)5-12(18,7-15)6-9(11)14-4-2-3-10(16)17/h15,18H,2-7,13H2,1H3,(H,16,17)/t12-/m0/s1. The van der Waals surface area contributed by atoms with Crippen LogP contribution < -0.4 is 5.73 Å². The third-order valence-electron chi connectivity index (χ3n) is 2.92. The summed E-state index contributed by atoms with van der Waals surface area (Å²) in [5, 5.41) is 27.8. The maximum atomic E-state index is 10.4. The fourth-order valence-corrected chi connectivity index (χ4v) is 2.01. The van der Waals surface area contributed by atoms with Crippen molar-refractivity contribution in [1.82, 2.24) is 0 Å². The number of hydrogen-bond donors (Lipinski definition) is 4. The Labute approximate surface area is 111 Å². The van der Waals surface area contributed by atoms with Crippen molar-refractivity contribution < 1.29 is 24.9 Å². The fourth-order valence-electron chi connectivity index (χ4n) is 2.01. The number of aliphatic carboxylic acids is 1. The summed E-state index contributed by atoms with van der Waals surface area (Å²) in [5.74, 6) is -0.467. The monoisotopic (exact) mass is 272 g/mol. The van der Waals surface area contributed by atoms with Crippen molar-refractivity contribution in [2.24, 2.45) is 10.7 Å². The summed E-state index contributed by atoms with van der Waals surface area (Å²) < 4.78 is 5.15. The maximum Gasteiger partial charge on any atom is 0.303 e. The minimum atomic E-state index is -1.32. The van der Waals surface area contributed by atoms with E-state index in [-0.39, 0.29) is 19.3 Å². The van der Waals surface area contributed by atoms with E-state index >= 15 is 0 Å². The number of allylic oxidation sites excluding steroid dienone is 1. The number of aliphatic hydroxyl groups excluding tert-OH is 1. The quantitative estimate of drug-likeness (QED) is 0.489. The average molecular weight is 272 g/mol. The number of nitrogens with two attached hydrogens (primary N) is 1. The highest BCUT2D eigenvalue weighted by molar-refractivity contribution is 6.00. The number of rotatable bonds is 6. The SMILES string of the molecule is COC1=C(N)C[C@@](O)(CO)CC1=NCCCC(=O)O. The number of aliphatic hydroxyl groups is 2. The van der Waals surface area contributed by atoms with Crippen LogP contribution in [-0.4, -0.2) is 52.9 Å². The van der Waals surface area contributed by atoms with E-state index in [2.05, 4.69) is 4.99 Å². The van der Waals surface area contributed by atoms with Gasteiger partial charge in [-0.25, -0.2) is 0 Å². The van der Waals surface area contributed by atoms with E-state index in [0.717, 1.165) is 0 Å². The first-order valence-electron chi connectivity index (χ1n) is 6.03. The van der Waals surface area contributed by atoms with E-state index in [0.29, 0.717) is 30.1 Å². The van der Waals surface area contributed by atoms with Crippen molar-refractivity contribution in [2.45, 2.75) is 31.3 Å². The molecule has 0 aromatic carbocycles. The van der Waals surface area contributed by atoms with E-state index < -0.39 is 18.2 Å². The molecule has 5 N–H and O–H groups in total. The van der Waals surface area contributed by atoms with Gasteiger partial charge in [0, 0.05) is 25.8 Å². The first kappa shape index (κ1) is 15.5. The Morgan fingerprint density at radius 3 is 2.74 bits per heavy atom. The highest BCUT2D eigenvalue weighted by atomic mass is 16.5. The van der Waals surface area contributed by atoms with Crippen molar-refractivity contribution >= 4 is 11.7 Å². The number of nitrogens with zero attached hydrogens (tertiary/aromatic N) is 1. The van der Waals surface area contributed by atoms with Crippen LogP contribution in [0.3, 0.4) is 0 Å². The molecule has 0 spiro atoms. The van der Waals surface area contributed by atoms with Crippen LogP contribution in [0.4, 0.5) is 0 Å². The van der Waals surface area contributed by atoms with Gasteiger partial charge in [0.05, 0.1) is 30.7 Å². The largest absolute Gasteiger partial charge is 0.493 e. The molecule has 0 saturated heterocycles. The molecular weight excluding hydrogens is 252 g/mol. The lowest BCUT2D eigenvalue weighted by atomic mass is 9.86. The van der Waals surface area contributed by atoms with Gasteiger partial charge in [-0.2, -0.15) is 0 Å². The molecule has 7 heteroatoms. The minimum absolute atomic E-state index is 0.0303. The lowest BCUT2D eigenvalue weighted by molar-refractivity contribution is -0.137. The van der Waals surface area contributed by atoms with Gasteiger partial charge in [-0.05, 0) is 6.42 Å². The predicted octanol–water partition coefficient (Wildman–Crippen LogP) is -0.374. The molecule has 0 saturated carbocycles. The molecule has 1 aliphatic rings. The van der Waals surface area contributed by atoms with Crippen molar-refractivity contribution in [3.8, 4) is 0 Å². The Morgan fingerprint density at radius 1 is 1.53 bits per heavy atom. The zero-order chi connectivity index (χ0) is 14.5. The van der Waals surface area contributed by atoms with Crippen LogP contribution in [0.25, 0.3) is 0 Å². The molecule has 19 heavy (non-hydrogen) atoms. The van der Waals surface area contributed by atoms with Crippen LogP contribution in [0.1, 0.15) is 25.7 Å². The molecule has 0 unspecified atom stereocenters. The van der Waals surface area contributed by atoms with Gasteiger partial charge in [0.25, 0.3) is 0 Å². The van der Waals surface area contributed by atoms with Gasteiger partial charge in [0.2, 0.25) is 0 Å². The number of carboxylic acid groups (broad SMARTS) is 1. The summed E-state index contributed by atoms with van der Waals surface area (Å²) in [6.45, 7) is -0.109. The van der Waals surface area contributed by atoms with Gasteiger partial charge in [0.1, 0.15) is 0 Å². The Kier molecular flexibility index (Phi) is 5.31. The van der Waals surface area contributed by atoms with Gasteiger partial charge in [0.15, 0.2) is 5.76 Å². The number of hydrogen-bond acceptors (Lipinski definition) is 6. The second-order valence-electron chi connectivity index (χ2n) is 4.62. The molecule has 0 aliphatic heterocycles. The first-order chi connectivity index (χ1) is 8.91. The summed E-state index contributed by atoms with van der Waals surface area (Å²) >= 11 is 0. The van der Waals surface area contributed by atoms with E-state index in [1.807, 2.05) is 0 Å². The Morgan fingerprint density at radius 2 is 2.21 bits per heavy atom. The Hall–Kier alpha value is -1.60. The van der Waals surface area contributed by atoms with Gasteiger partial charge in [-0.3, -0.25) is 9.79 Å². The molecular formula is C12H20N2O5. The third-order valence-corrected chi connectivity index (χ3v) is 2.92. The number of ether oxygens (including phenoxy) is 1. The zero-order valence-electron chi connectivity index (χ0n) is 10.9. The summed E-state index contributed by atoms with van der Waals surface area (Å²) in [6.07, 6.45) is 0.692. The van der Waals surface area contributed by atoms with E-state index in [9.17, 15) is 15.0 Å². The van der Waals surface area contributed by atoms with Crippen LogP contribution in [0, 0.1) is 0 Å². The molecule has 108 valence electrons. The first-order valence-corrected chi connectivity index (χ1v) is 6.03. The van der Waals surface area contributed by atoms with Gasteiger partial charge in [-0.1, -0.05) is 0 Å². The van der Waals surface area contributed by atoms with Gasteiger partial charge < -0.3 is 25.8 Å². The maximum absolute atomic E-state index is 10.4. The highest BCUT2D eigenvalue weighted by Gasteiger charge is 2.36. The molecule has 1 aliphatic carbocycles. The summed E-state index contributed by atoms with van der Waals surface area (Å²) in [5.41, 5.74) is 5.27. The lowest BCUT2D eigenvalue weighted by Gasteiger charge is -2.32. The predicted molar refractivity (Wildman–Crippen MR) is 68.7 cm³/mol.